The first kappa shape index (κ1) is 15.6. The first-order valence-electron chi connectivity index (χ1n) is 5.94. The van der Waals surface area contributed by atoms with E-state index in [1.165, 1.54) is 0 Å². The van der Waals surface area contributed by atoms with Crippen molar-refractivity contribution >= 4 is 17.8 Å². The van der Waals surface area contributed by atoms with Crippen LogP contribution in [0.5, 0.6) is 0 Å². The lowest BCUT2D eigenvalue weighted by molar-refractivity contribution is -0.147. The van der Waals surface area contributed by atoms with E-state index in [0.29, 0.717) is 5.56 Å². The van der Waals surface area contributed by atoms with Gasteiger partial charge in [-0.15, -0.1) is 0 Å². The van der Waals surface area contributed by atoms with Crippen molar-refractivity contribution in [2.45, 2.75) is 25.4 Å². The van der Waals surface area contributed by atoms with Crippen LogP contribution in [0.2, 0.25) is 0 Å². The van der Waals surface area contributed by atoms with Crippen molar-refractivity contribution in [3.8, 4) is 0 Å². The van der Waals surface area contributed by atoms with E-state index in [1.807, 2.05) is 0 Å². The number of carboxylic acids is 2. The SMILES string of the molecule is NCc1ccccc1CC(=O)NC(CC(=O)O)C(=O)O. The third-order valence-corrected chi connectivity index (χ3v) is 2.70. The lowest BCUT2D eigenvalue weighted by atomic mass is 10.0. The first-order chi connectivity index (χ1) is 9.43. The fraction of sp³-hybridized carbons (Fsp3) is 0.308. The van der Waals surface area contributed by atoms with Gasteiger partial charge in [0.05, 0.1) is 12.8 Å². The number of hydrogen-bond acceptors (Lipinski definition) is 4. The van der Waals surface area contributed by atoms with E-state index in [2.05, 4.69) is 5.32 Å². The molecule has 0 bridgehead atoms. The molecule has 0 aliphatic heterocycles. The minimum atomic E-state index is -1.44. The largest absolute Gasteiger partial charge is 0.481 e. The van der Waals surface area contributed by atoms with Crippen molar-refractivity contribution in [1.82, 2.24) is 5.32 Å². The first-order valence-corrected chi connectivity index (χ1v) is 5.94. The summed E-state index contributed by atoms with van der Waals surface area (Å²) >= 11 is 0. The van der Waals surface area contributed by atoms with Gasteiger partial charge in [-0.3, -0.25) is 9.59 Å². The Balaban J connectivity index is 2.70. The standard InChI is InChI=1S/C13H16N2O5/c14-7-9-4-2-1-3-8(9)5-11(16)15-10(13(19)20)6-12(17)18/h1-4,10H,5-7,14H2,(H,15,16)(H,17,18)(H,19,20). The average molecular weight is 280 g/mol. The summed E-state index contributed by atoms with van der Waals surface area (Å²) in [5, 5.41) is 19.6. The number of amides is 1. The van der Waals surface area contributed by atoms with Crippen molar-refractivity contribution < 1.29 is 24.6 Å². The lowest BCUT2D eigenvalue weighted by Crippen LogP contribution is -2.43. The minimum Gasteiger partial charge on any atom is -0.481 e. The van der Waals surface area contributed by atoms with Gasteiger partial charge in [0.1, 0.15) is 6.04 Å². The van der Waals surface area contributed by atoms with E-state index in [0.717, 1.165) is 5.56 Å². The van der Waals surface area contributed by atoms with Crippen molar-refractivity contribution in [1.29, 1.82) is 0 Å². The molecular weight excluding hydrogens is 264 g/mol. The molecule has 0 aliphatic carbocycles. The highest BCUT2D eigenvalue weighted by Crippen LogP contribution is 2.09. The Hall–Kier alpha value is -2.41. The highest BCUT2D eigenvalue weighted by atomic mass is 16.4. The van der Waals surface area contributed by atoms with Gasteiger partial charge < -0.3 is 21.3 Å². The van der Waals surface area contributed by atoms with Gasteiger partial charge in [0, 0.05) is 6.54 Å². The summed E-state index contributed by atoms with van der Waals surface area (Å²) in [5.74, 6) is -3.23. The van der Waals surface area contributed by atoms with Crippen LogP contribution in [0.1, 0.15) is 17.5 Å². The number of carboxylic acid groups (broad SMARTS) is 2. The molecule has 0 spiro atoms. The monoisotopic (exact) mass is 280 g/mol. The molecule has 1 rings (SSSR count). The molecule has 0 fully saturated rings. The van der Waals surface area contributed by atoms with Crippen LogP contribution in [0.3, 0.4) is 0 Å². The fourth-order valence-corrected chi connectivity index (χ4v) is 1.72. The average Bonchev–Trinajstić information content (AvgIpc) is 2.37. The Bertz CT molecular complexity index is 515. The summed E-state index contributed by atoms with van der Waals surface area (Å²) < 4.78 is 0. The number of hydrogen-bond donors (Lipinski definition) is 4. The minimum absolute atomic E-state index is 0.0449. The molecule has 0 radical (unpaired) electrons. The van der Waals surface area contributed by atoms with Crippen LogP contribution in [0.4, 0.5) is 0 Å². The van der Waals surface area contributed by atoms with Crippen LogP contribution in [0.15, 0.2) is 24.3 Å². The summed E-state index contributed by atoms with van der Waals surface area (Å²) in [4.78, 5) is 33.1. The predicted molar refractivity (Wildman–Crippen MR) is 69.9 cm³/mol. The zero-order chi connectivity index (χ0) is 15.1. The number of aliphatic carboxylic acids is 2. The normalized spacial score (nSPS) is 11.7. The molecule has 0 aliphatic rings. The highest BCUT2D eigenvalue weighted by Gasteiger charge is 2.23. The van der Waals surface area contributed by atoms with Crippen LogP contribution >= 0.6 is 0 Å². The van der Waals surface area contributed by atoms with Crippen LogP contribution in [-0.2, 0) is 27.3 Å². The van der Waals surface area contributed by atoms with E-state index in [-0.39, 0.29) is 13.0 Å². The highest BCUT2D eigenvalue weighted by molar-refractivity contribution is 5.87. The maximum Gasteiger partial charge on any atom is 0.326 e. The second-order valence-electron chi connectivity index (χ2n) is 4.21. The third-order valence-electron chi connectivity index (χ3n) is 2.70. The molecule has 1 unspecified atom stereocenters. The molecule has 5 N–H and O–H groups in total. The van der Waals surface area contributed by atoms with Crippen molar-refractivity contribution in [2.24, 2.45) is 5.73 Å². The van der Waals surface area contributed by atoms with Crippen LogP contribution in [0.25, 0.3) is 0 Å². The van der Waals surface area contributed by atoms with Gasteiger partial charge in [-0.05, 0) is 11.1 Å². The Morgan fingerprint density at radius 1 is 1.15 bits per heavy atom. The van der Waals surface area contributed by atoms with Crippen molar-refractivity contribution in [3.05, 3.63) is 35.4 Å². The molecule has 7 heteroatoms. The Labute approximate surface area is 115 Å². The van der Waals surface area contributed by atoms with Gasteiger partial charge in [-0.2, -0.15) is 0 Å². The number of carbonyl (C=O) groups is 3. The van der Waals surface area contributed by atoms with Crippen LogP contribution in [-0.4, -0.2) is 34.1 Å². The maximum absolute atomic E-state index is 11.8. The van der Waals surface area contributed by atoms with Crippen LogP contribution < -0.4 is 11.1 Å². The molecule has 1 aromatic rings. The summed E-state index contributed by atoms with van der Waals surface area (Å²) in [6.45, 7) is 0.265. The zero-order valence-corrected chi connectivity index (χ0v) is 10.7. The molecule has 0 saturated heterocycles. The molecule has 1 aromatic carbocycles. The summed E-state index contributed by atoms with van der Waals surface area (Å²) in [6.07, 6.45) is -0.712. The number of nitrogens with two attached hydrogens (primary N) is 1. The second-order valence-corrected chi connectivity index (χ2v) is 4.21. The molecule has 0 aromatic heterocycles. The maximum atomic E-state index is 11.8. The van der Waals surface area contributed by atoms with Gasteiger partial charge in [0.25, 0.3) is 0 Å². The molecule has 0 saturated carbocycles. The second kappa shape index (κ2) is 7.25. The van der Waals surface area contributed by atoms with Gasteiger partial charge in [-0.1, -0.05) is 24.3 Å². The van der Waals surface area contributed by atoms with Gasteiger partial charge in [0.2, 0.25) is 5.91 Å². The van der Waals surface area contributed by atoms with Gasteiger partial charge in [0.15, 0.2) is 0 Å². The summed E-state index contributed by atoms with van der Waals surface area (Å²) in [6, 6.07) is 5.58. The van der Waals surface area contributed by atoms with E-state index in [1.54, 1.807) is 24.3 Å². The van der Waals surface area contributed by atoms with Crippen molar-refractivity contribution in [2.75, 3.05) is 0 Å². The van der Waals surface area contributed by atoms with Gasteiger partial charge >= 0.3 is 11.9 Å². The van der Waals surface area contributed by atoms with Crippen LogP contribution in [0, 0.1) is 0 Å². The van der Waals surface area contributed by atoms with E-state index < -0.39 is 30.3 Å². The molecular formula is C13H16N2O5. The molecule has 7 nitrogen and oxygen atoms in total. The molecule has 1 amide bonds. The zero-order valence-electron chi connectivity index (χ0n) is 10.7. The number of benzene rings is 1. The Morgan fingerprint density at radius 2 is 1.75 bits per heavy atom. The predicted octanol–water partition coefficient (Wildman–Crippen LogP) is -0.268. The molecule has 20 heavy (non-hydrogen) atoms. The quantitative estimate of drug-likeness (QED) is 0.544. The number of carbonyl (C=O) groups excluding carboxylic acids is 1. The summed E-state index contributed by atoms with van der Waals surface area (Å²) in [5.41, 5.74) is 7.01. The topological polar surface area (TPSA) is 130 Å². The summed E-state index contributed by atoms with van der Waals surface area (Å²) in [7, 11) is 0. The van der Waals surface area contributed by atoms with E-state index in [9.17, 15) is 14.4 Å². The lowest BCUT2D eigenvalue weighted by Gasteiger charge is -2.13. The smallest absolute Gasteiger partial charge is 0.326 e. The molecule has 108 valence electrons. The van der Waals surface area contributed by atoms with Gasteiger partial charge in [-0.25, -0.2) is 4.79 Å². The van der Waals surface area contributed by atoms with E-state index >= 15 is 0 Å². The number of rotatable bonds is 7. The Morgan fingerprint density at radius 3 is 2.25 bits per heavy atom. The van der Waals surface area contributed by atoms with E-state index in [4.69, 9.17) is 15.9 Å². The number of nitrogens with one attached hydrogen (secondary N) is 1. The molecule has 0 heterocycles. The third kappa shape index (κ3) is 4.69. The fourth-order valence-electron chi connectivity index (χ4n) is 1.72. The Kier molecular flexibility index (Phi) is 5.67. The molecule has 1 atom stereocenters. The van der Waals surface area contributed by atoms with Crippen molar-refractivity contribution in [3.63, 3.8) is 0 Å².